The van der Waals surface area contributed by atoms with Gasteiger partial charge < -0.3 is 10.0 Å². The molecule has 1 saturated heterocycles. The van der Waals surface area contributed by atoms with Crippen LogP contribution in [-0.2, 0) is 4.84 Å². The quantitative estimate of drug-likeness (QED) is 0.460. The maximum atomic E-state index is 10.1. The highest BCUT2D eigenvalue weighted by Crippen LogP contribution is 2.08. The summed E-state index contributed by atoms with van der Waals surface area (Å²) in [6.07, 6.45) is -1.01. The zero-order chi connectivity index (χ0) is 6.85. The second-order valence-corrected chi connectivity index (χ2v) is 1.95. The van der Waals surface area contributed by atoms with E-state index in [9.17, 15) is 4.79 Å². The van der Waals surface area contributed by atoms with Gasteiger partial charge in [-0.3, -0.25) is 4.84 Å². The molecule has 0 aliphatic carbocycles. The summed E-state index contributed by atoms with van der Waals surface area (Å²) in [5.41, 5.74) is 0. The molecule has 1 aliphatic heterocycles. The van der Waals surface area contributed by atoms with Crippen LogP contribution >= 0.6 is 0 Å². The van der Waals surface area contributed by atoms with E-state index in [2.05, 4.69) is 4.84 Å². The van der Waals surface area contributed by atoms with Crippen LogP contribution in [0.2, 0.25) is 0 Å². The predicted molar refractivity (Wildman–Crippen MR) is 28.7 cm³/mol. The van der Waals surface area contributed by atoms with Crippen molar-refractivity contribution in [1.82, 2.24) is 4.90 Å². The second-order valence-electron chi connectivity index (χ2n) is 1.95. The lowest BCUT2D eigenvalue weighted by atomic mass is 10.2. The minimum absolute atomic E-state index is 0.0962. The predicted octanol–water partition coefficient (Wildman–Crippen LogP) is -0.761. The number of nitrogens with two attached hydrogens (primary N) is 1. The highest BCUT2D eigenvalue weighted by Gasteiger charge is 2.30. The minimum atomic E-state index is -0.914. The normalized spacial score (nSPS) is 19.4. The number of hydrogen-bond donors (Lipinski definition) is 2. The van der Waals surface area contributed by atoms with Crippen LogP contribution < -0.4 is 5.90 Å². The molecule has 1 fully saturated rings. The Labute approximate surface area is 52.0 Å². The third kappa shape index (κ3) is 1.11. The van der Waals surface area contributed by atoms with Crippen LogP contribution in [-0.4, -0.2) is 35.3 Å². The maximum Gasteiger partial charge on any atom is 0.407 e. The van der Waals surface area contributed by atoms with Crippen LogP contribution in [0.25, 0.3) is 0 Å². The number of carbonyl (C=O) groups is 1. The Kier molecular flexibility index (Phi) is 1.54. The van der Waals surface area contributed by atoms with Crippen molar-refractivity contribution < 1.29 is 14.7 Å². The van der Waals surface area contributed by atoms with Crippen molar-refractivity contribution in [3.8, 4) is 0 Å². The largest absolute Gasteiger partial charge is 0.465 e. The molecule has 5 nitrogen and oxygen atoms in total. The molecule has 0 aromatic heterocycles. The lowest BCUT2D eigenvalue weighted by Crippen LogP contribution is -2.55. The molecular formula is C4H8N2O3. The van der Waals surface area contributed by atoms with E-state index >= 15 is 0 Å². The fourth-order valence-corrected chi connectivity index (χ4v) is 0.680. The first-order valence-corrected chi connectivity index (χ1v) is 2.57. The molecule has 52 valence electrons. The number of rotatable bonds is 1. The van der Waals surface area contributed by atoms with Gasteiger partial charge in [-0.15, -0.1) is 0 Å². The fourth-order valence-electron chi connectivity index (χ4n) is 0.680. The summed E-state index contributed by atoms with van der Waals surface area (Å²) in [5, 5.41) is 8.28. The summed E-state index contributed by atoms with van der Waals surface area (Å²) >= 11 is 0. The average molecular weight is 132 g/mol. The molecule has 9 heavy (non-hydrogen) atoms. The van der Waals surface area contributed by atoms with Crippen molar-refractivity contribution in [3.05, 3.63) is 0 Å². The molecule has 0 aromatic rings. The highest BCUT2D eigenvalue weighted by atomic mass is 16.6. The molecular weight excluding hydrogens is 124 g/mol. The summed E-state index contributed by atoms with van der Waals surface area (Å²) in [4.78, 5) is 15.7. The van der Waals surface area contributed by atoms with Gasteiger partial charge in [-0.1, -0.05) is 0 Å². The van der Waals surface area contributed by atoms with E-state index in [1.165, 1.54) is 4.90 Å². The molecule has 1 heterocycles. The van der Waals surface area contributed by atoms with E-state index < -0.39 is 6.09 Å². The van der Waals surface area contributed by atoms with Gasteiger partial charge in [-0.05, 0) is 0 Å². The third-order valence-electron chi connectivity index (χ3n) is 1.31. The van der Waals surface area contributed by atoms with Crippen LogP contribution in [0.4, 0.5) is 4.79 Å². The van der Waals surface area contributed by atoms with Crippen LogP contribution in [0.5, 0.6) is 0 Å². The summed E-state index contributed by atoms with van der Waals surface area (Å²) < 4.78 is 0. The van der Waals surface area contributed by atoms with Crippen molar-refractivity contribution in [2.75, 3.05) is 13.1 Å². The molecule has 0 aromatic carbocycles. The van der Waals surface area contributed by atoms with Crippen molar-refractivity contribution in [2.45, 2.75) is 6.10 Å². The molecule has 0 saturated carbocycles. The van der Waals surface area contributed by atoms with E-state index in [1.54, 1.807) is 0 Å². The van der Waals surface area contributed by atoms with Crippen LogP contribution in [0, 0.1) is 0 Å². The highest BCUT2D eigenvalue weighted by molar-refractivity contribution is 5.66. The van der Waals surface area contributed by atoms with Crippen molar-refractivity contribution in [2.24, 2.45) is 5.90 Å². The SMILES string of the molecule is NOC1CN(C(=O)O)C1. The zero-order valence-corrected chi connectivity index (χ0v) is 4.78. The van der Waals surface area contributed by atoms with Crippen molar-refractivity contribution >= 4 is 6.09 Å². The number of likely N-dealkylation sites (tertiary alicyclic amines) is 1. The Morgan fingerprint density at radius 3 is 2.67 bits per heavy atom. The monoisotopic (exact) mass is 132 g/mol. The van der Waals surface area contributed by atoms with E-state index in [0.717, 1.165) is 0 Å². The molecule has 3 N–H and O–H groups in total. The van der Waals surface area contributed by atoms with Gasteiger partial charge >= 0.3 is 6.09 Å². The summed E-state index contributed by atoms with van der Waals surface area (Å²) in [6, 6.07) is 0. The second kappa shape index (κ2) is 2.20. The molecule has 0 radical (unpaired) electrons. The summed E-state index contributed by atoms with van der Waals surface area (Å²) in [6.45, 7) is 0.789. The molecule has 0 atom stereocenters. The third-order valence-corrected chi connectivity index (χ3v) is 1.31. The first kappa shape index (κ1) is 6.31. The molecule has 5 heteroatoms. The molecule has 1 aliphatic rings. The molecule has 0 bridgehead atoms. The fraction of sp³-hybridized carbons (Fsp3) is 0.750. The average Bonchev–Trinajstić information content (AvgIpc) is 1.61. The van der Waals surface area contributed by atoms with E-state index in [1.807, 2.05) is 0 Å². The van der Waals surface area contributed by atoms with Crippen molar-refractivity contribution in [3.63, 3.8) is 0 Å². The Balaban J connectivity index is 2.19. The zero-order valence-electron chi connectivity index (χ0n) is 4.78. The Bertz CT molecular complexity index is 121. The minimum Gasteiger partial charge on any atom is -0.465 e. The lowest BCUT2D eigenvalue weighted by molar-refractivity contribution is -0.0456. The van der Waals surface area contributed by atoms with E-state index in [4.69, 9.17) is 11.0 Å². The van der Waals surface area contributed by atoms with Gasteiger partial charge in [0.2, 0.25) is 0 Å². The van der Waals surface area contributed by atoms with Gasteiger partial charge in [0.15, 0.2) is 0 Å². The molecule has 1 amide bonds. The molecule has 0 unspecified atom stereocenters. The number of carboxylic acid groups (broad SMARTS) is 1. The van der Waals surface area contributed by atoms with Crippen LogP contribution in [0.15, 0.2) is 0 Å². The summed E-state index contributed by atoms with van der Waals surface area (Å²) in [7, 11) is 0. The molecule has 0 spiro atoms. The summed E-state index contributed by atoms with van der Waals surface area (Å²) in [5.74, 6) is 4.78. The standard InChI is InChI=1S/C4H8N2O3/c5-9-3-1-6(2-3)4(7)8/h3H,1-2,5H2,(H,7,8). The number of nitrogens with zero attached hydrogens (tertiary/aromatic N) is 1. The van der Waals surface area contributed by atoms with E-state index in [0.29, 0.717) is 13.1 Å². The van der Waals surface area contributed by atoms with Gasteiger partial charge in [-0.25, -0.2) is 10.7 Å². The smallest absolute Gasteiger partial charge is 0.407 e. The van der Waals surface area contributed by atoms with Crippen molar-refractivity contribution in [1.29, 1.82) is 0 Å². The number of hydrogen-bond acceptors (Lipinski definition) is 3. The first-order chi connectivity index (χ1) is 4.24. The van der Waals surface area contributed by atoms with Gasteiger partial charge in [0, 0.05) is 0 Å². The van der Waals surface area contributed by atoms with Gasteiger partial charge in [0.25, 0.3) is 0 Å². The Morgan fingerprint density at radius 2 is 2.33 bits per heavy atom. The van der Waals surface area contributed by atoms with Gasteiger partial charge in [0.1, 0.15) is 6.10 Å². The Hall–Kier alpha value is -0.810. The lowest BCUT2D eigenvalue weighted by Gasteiger charge is -2.34. The van der Waals surface area contributed by atoms with Gasteiger partial charge in [0.05, 0.1) is 13.1 Å². The van der Waals surface area contributed by atoms with Gasteiger partial charge in [-0.2, -0.15) is 0 Å². The first-order valence-electron chi connectivity index (χ1n) is 2.57. The topological polar surface area (TPSA) is 75.8 Å². The number of amides is 1. The maximum absolute atomic E-state index is 10.1. The van der Waals surface area contributed by atoms with Crippen LogP contribution in [0.3, 0.4) is 0 Å². The molecule has 1 rings (SSSR count). The van der Waals surface area contributed by atoms with Crippen LogP contribution in [0.1, 0.15) is 0 Å². The Morgan fingerprint density at radius 1 is 1.78 bits per heavy atom. The van der Waals surface area contributed by atoms with E-state index in [-0.39, 0.29) is 6.10 Å².